The Morgan fingerprint density at radius 1 is 1.44 bits per heavy atom. The van der Waals surface area contributed by atoms with Gasteiger partial charge >= 0.3 is 5.97 Å². The Morgan fingerprint density at radius 3 is 2.94 bits per heavy atom. The summed E-state index contributed by atoms with van der Waals surface area (Å²) in [5.41, 5.74) is 0.563. The summed E-state index contributed by atoms with van der Waals surface area (Å²) in [6.45, 7) is 5.46. The zero-order valence-electron chi connectivity index (χ0n) is 11.2. The minimum absolute atomic E-state index is 0.309. The van der Waals surface area contributed by atoms with Gasteiger partial charge in [0, 0.05) is 18.8 Å². The Hall–Kier alpha value is -1.58. The summed E-state index contributed by atoms with van der Waals surface area (Å²) < 4.78 is 4.74. The SMILES string of the molecule is COC(=O)c1ccnc(N2CC(C)CCC2C)c1. The van der Waals surface area contributed by atoms with Gasteiger partial charge in [0.2, 0.25) is 0 Å². The van der Waals surface area contributed by atoms with Gasteiger partial charge in [0.15, 0.2) is 0 Å². The Labute approximate surface area is 108 Å². The van der Waals surface area contributed by atoms with Crippen molar-refractivity contribution in [2.45, 2.75) is 32.7 Å². The number of hydrogen-bond acceptors (Lipinski definition) is 4. The molecule has 0 N–H and O–H groups in total. The number of piperidine rings is 1. The van der Waals surface area contributed by atoms with E-state index in [4.69, 9.17) is 4.74 Å². The zero-order valence-corrected chi connectivity index (χ0v) is 11.2. The number of aromatic nitrogens is 1. The van der Waals surface area contributed by atoms with E-state index in [1.165, 1.54) is 20.0 Å². The molecule has 0 saturated carbocycles. The normalized spacial score (nSPS) is 23.8. The van der Waals surface area contributed by atoms with Crippen LogP contribution in [0.5, 0.6) is 0 Å². The summed E-state index contributed by atoms with van der Waals surface area (Å²) in [6.07, 6.45) is 4.10. The van der Waals surface area contributed by atoms with E-state index < -0.39 is 0 Å². The molecule has 1 fully saturated rings. The first-order chi connectivity index (χ1) is 8.61. The summed E-state index contributed by atoms with van der Waals surface area (Å²) >= 11 is 0. The van der Waals surface area contributed by atoms with E-state index in [0.717, 1.165) is 12.4 Å². The first-order valence-electron chi connectivity index (χ1n) is 6.43. The predicted octanol–water partition coefficient (Wildman–Crippen LogP) is 2.49. The Morgan fingerprint density at radius 2 is 2.22 bits per heavy atom. The van der Waals surface area contributed by atoms with Crippen LogP contribution in [-0.2, 0) is 4.74 Å². The molecule has 1 aromatic heterocycles. The lowest BCUT2D eigenvalue weighted by Gasteiger charge is -2.37. The van der Waals surface area contributed by atoms with Crippen molar-refractivity contribution in [1.82, 2.24) is 4.98 Å². The molecule has 1 aromatic rings. The molecule has 4 nitrogen and oxygen atoms in total. The molecule has 0 bridgehead atoms. The van der Waals surface area contributed by atoms with Crippen LogP contribution in [0.1, 0.15) is 37.0 Å². The molecule has 2 heterocycles. The van der Waals surface area contributed by atoms with Crippen molar-refractivity contribution < 1.29 is 9.53 Å². The van der Waals surface area contributed by atoms with Gasteiger partial charge in [-0.25, -0.2) is 9.78 Å². The van der Waals surface area contributed by atoms with Crippen LogP contribution in [0.25, 0.3) is 0 Å². The molecular weight excluding hydrogens is 228 g/mol. The molecule has 2 rings (SSSR count). The van der Waals surface area contributed by atoms with E-state index >= 15 is 0 Å². The van der Waals surface area contributed by atoms with Crippen LogP contribution in [0.2, 0.25) is 0 Å². The lowest BCUT2D eigenvalue weighted by atomic mass is 9.95. The topological polar surface area (TPSA) is 42.4 Å². The van der Waals surface area contributed by atoms with Gasteiger partial charge in [0.05, 0.1) is 12.7 Å². The fourth-order valence-corrected chi connectivity index (χ4v) is 2.43. The van der Waals surface area contributed by atoms with Crippen LogP contribution in [-0.4, -0.2) is 30.6 Å². The third-order valence-corrected chi connectivity index (χ3v) is 3.58. The number of carbonyl (C=O) groups excluding carboxylic acids is 1. The highest BCUT2D eigenvalue weighted by molar-refractivity contribution is 5.90. The first kappa shape index (κ1) is 12.9. The van der Waals surface area contributed by atoms with Crippen LogP contribution in [0.15, 0.2) is 18.3 Å². The largest absolute Gasteiger partial charge is 0.465 e. The average Bonchev–Trinajstić information content (AvgIpc) is 2.40. The average molecular weight is 248 g/mol. The van der Waals surface area contributed by atoms with Crippen LogP contribution in [0.3, 0.4) is 0 Å². The molecule has 2 atom stereocenters. The second-order valence-corrected chi connectivity index (χ2v) is 5.08. The van der Waals surface area contributed by atoms with Gasteiger partial charge in [0.1, 0.15) is 5.82 Å². The van der Waals surface area contributed by atoms with Gasteiger partial charge in [-0.1, -0.05) is 6.92 Å². The molecule has 98 valence electrons. The second kappa shape index (κ2) is 5.38. The van der Waals surface area contributed by atoms with Crippen molar-refractivity contribution in [3.63, 3.8) is 0 Å². The zero-order chi connectivity index (χ0) is 13.1. The van der Waals surface area contributed by atoms with Gasteiger partial charge in [0.25, 0.3) is 0 Å². The minimum Gasteiger partial charge on any atom is -0.465 e. The number of nitrogens with zero attached hydrogens (tertiary/aromatic N) is 2. The van der Waals surface area contributed by atoms with Gasteiger partial charge in [-0.15, -0.1) is 0 Å². The Kier molecular flexibility index (Phi) is 3.84. The van der Waals surface area contributed by atoms with Crippen molar-refractivity contribution in [2.75, 3.05) is 18.6 Å². The lowest BCUT2D eigenvalue weighted by molar-refractivity contribution is 0.0600. The monoisotopic (exact) mass is 248 g/mol. The van der Waals surface area contributed by atoms with Crippen molar-refractivity contribution in [1.29, 1.82) is 0 Å². The molecule has 1 saturated heterocycles. The van der Waals surface area contributed by atoms with Gasteiger partial charge < -0.3 is 9.64 Å². The number of esters is 1. The van der Waals surface area contributed by atoms with E-state index in [2.05, 4.69) is 23.7 Å². The third kappa shape index (κ3) is 2.63. The number of pyridine rings is 1. The number of carbonyl (C=O) groups is 1. The number of anilines is 1. The van der Waals surface area contributed by atoms with Crippen molar-refractivity contribution in [2.24, 2.45) is 5.92 Å². The maximum absolute atomic E-state index is 11.5. The van der Waals surface area contributed by atoms with E-state index in [-0.39, 0.29) is 5.97 Å². The molecule has 1 aliphatic rings. The lowest BCUT2D eigenvalue weighted by Crippen LogP contribution is -2.41. The van der Waals surface area contributed by atoms with Gasteiger partial charge in [-0.2, -0.15) is 0 Å². The number of ether oxygens (including phenoxy) is 1. The summed E-state index contributed by atoms with van der Waals surface area (Å²) in [4.78, 5) is 18.2. The van der Waals surface area contributed by atoms with E-state index in [0.29, 0.717) is 17.5 Å². The molecular formula is C14H20N2O2. The summed E-state index contributed by atoms with van der Waals surface area (Å²) in [5, 5.41) is 0. The van der Waals surface area contributed by atoms with E-state index in [1.807, 2.05) is 6.07 Å². The molecule has 0 radical (unpaired) electrons. The van der Waals surface area contributed by atoms with Crippen molar-refractivity contribution >= 4 is 11.8 Å². The van der Waals surface area contributed by atoms with Gasteiger partial charge in [-0.05, 0) is 37.8 Å². The smallest absolute Gasteiger partial charge is 0.338 e. The molecule has 0 amide bonds. The fourth-order valence-electron chi connectivity index (χ4n) is 2.43. The fraction of sp³-hybridized carbons (Fsp3) is 0.571. The molecule has 4 heteroatoms. The van der Waals surface area contributed by atoms with Crippen LogP contribution < -0.4 is 4.90 Å². The third-order valence-electron chi connectivity index (χ3n) is 3.58. The van der Waals surface area contributed by atoms with Crippen LogP contribution >= 0.6 is 0 Å². The van der Waals surface area contributed by atoms with Gasteiger partial charge in [-0.3, -0.25) is 0 Å². The number of rotatable bonds is 2. The molecule has 18 heavy (non-hydrogen) atoms. The highest BCUT2D eigenvalue weighted by atomic mass is 16.5. The Balaban J connectivity index is 2.24. The second-order valence-electron chi connectivity index (χ2n) is 5.08. The van der Waals surface area contributed by atoms with E-state index in [9.17, 15) is 4.79 Å². The van der Waals surface area contributed by atoms with Crippen LogP contribution in [0.4, 0.5) is 5.82 Å². The first-order valence-corrected chi connectivity index (χ1v) is 6.43. The Bertz CT molecular complexity index is 434. The number of methoxy groups -OCH3 is 1. The maximum Gasteiger partial charge on any atom is 0.338 e. The maximum atomic E-state index is 11.5. The molecule has 0 aromatic carbocycles. The quantitative estimate of drug-likeness (QED) is 0.754. The molecule has 0 spiro atoms. The molecule has 2 unspecified atom stereocenters. The van der Waals surface area contributed by atoms with Crippen molar-refractivity contribution in [3.05, 3.63) is 23.9 Å². The van der Waals surface area contributed by atoms with E-state index in [1.54, 1.807) is 12.3 Å². The highest BCUT2D eigenvalue weighted by Crippen LogP contribution is 2.26. The summed E-state index contributed by atoms with van der Waals surface area (Å²) in [6, 6.07) is 3.98. The highest BCUT2D eigenvalue weighted by Gasteiger charge is 2.24. The minimum atomic E-state index is -0.309. The molecule has 1 aliphatic heterocycles. The summed E-state index contributed by atoms with van der Waals surface area (Å²) in [5.74, 6) is 1.23. The number of hydrogen-bond donors (Lipinski definition) is 0. The van der Waals surface area contributed by atoms with Crippen molar-refractivity contribution in [3.8, 4) is 0 Å². The molecule has 0 aliphatic carbocycles. The summed E-state index contributed by atoms with van der Waals surface area (Å²) in [7, 11) is 1.40. The predicted molar refractivity (Wildman–Crippen MR) is 70.8 cm³/mol. The van der Waals surface area contributed by atoms with Crippen LogP contribution in [0, 0.1) is 5.92 Å². The standard InChI is InChI=1S/C14H20N2O2/c1-10-4-5-11(2)16(9-10)13-8-12(6-7-15-13)14(17)18-3/h6-8,10-11H,4-5,9H2,1-3H3.